The van der Waals surface area contributed by atoms with Crippen molar-refractivity contribution >= 4 is 10.8 Å². The van der Waals surface area contributed by atoms with Crippen LogP contribution in [0, 0.1) is 29.4 Å². The number of hydrogen-bond acceptors (Lipinski definition) is 1. The van der Waals surface area contributed by atoms with Gasteiger partial charge in [0.2, 0.25) is 0 Å². The molecular formula is C27H34F2O. The van der Waals surface area contributed by atoms with Gasteiger partial charge in [0.05, 0.1) is 5.39 Å². The monoisotopic (exact) mass is 412 g/mol. The predicted molar refractivity (Wildman–Crippen MR) is 120 cm³/mol. The maximum Gasteiger partial charge on any atom is 0.137 e. The molecule has 2 fully saturated rings. The molecular weight excluding hydrogens is 378 g/mol. The Morgan fingerprint density at radius 2 is 1.87 bits per heavy atom. The van der Waals surface area contributed by atoms with Gasteiger partial charge in [0.15, 0.2) is 0 Å². The van der Waals surface area contributed by atoms with Crippen molar-refractivity contribution in [3.05, 3.63) is 54.1 Å². The molecule has 0 aromatic heterocycles. The lowest BCUT2D eigenvalue weighted by Crippen LogP contribution is -2.30. The first kappa shape index (κ1) is 21.3. The van der Waals surface area contributed by atoms with E-state index in [1.54, 1.807) is 12.1 Å². The summed E-state index contributed by atoms with van der Waals surface area (Å²) in [6, 6.07) is 6.73. The molecule has 2 aliphatic rings. The van der Waals surface area contributed by atoms with E-state index in [0.29, 0.717) is 29.2 Å². The van der Waals surface area contributed by atoms with Crippen LogP contribution in [-0.4, -0.2) is 6.61 Å². The third-order valence-corrected chi connectivity index (χ3v) is 7.50. The van der Waals surface area contributed by atoms with Gasteiger partial charge in [0, 0.05) is 6.07 Å². The van der Waals surface area contributed by atoms with Gasteiger partial charge in [-0.05, 0) is 72.8 Å². The van der Waals surface area contributed by atoms with Crippen molar-refractivity contribution in [1.82, 2.24) is 0 Å². The van der Waals surface area contributed by atoms with Crippen molar-refractivity contribution in [2.45, 2.75) is 70.6 Å². The van der Waals surface area contributed by atoms with Gasteiger partial charge in [-0.1, -0.05) is 57.4 Å². The second-order valence-electron chi connectivity index (χ2n) is 9.42. The molecule has 0 bridgehead atoms. The minimum atomic E-state index is -0.545. The van der Waals surface area contributed by atoms with Crippen LogP contribution in [-0.2, 0) is 0 Å². The van der Waals surface area contributed by atoms with Crippen molar-refractivity contribution in [3.63, 3.8) is 0 Å². The molecule has 0 aliphatic heterocycles. The molecule has 2 aromatic rings. The van der Waals surface area contributed by atoms with Crippen LogP contribution >= 0.6 is 0 Å². The van der Waals surface area contributed by atoms with E-state index in [1.807, 2.05) is 12.1 Å². The van der Waals surface area contributed by atoms with Gasteiger partial charge in [0.1, 0.15) is 24.0 Å². The van der Waals surface area contributed by atoms with Gasteiger partial charge >= 0.3 is 0 Å². The molecule has 3 heteroatoms. The van der Waals surface area contributed by atoms with E-state index in [4.69, 9.17) is 4.74 Å². The van der Waals surface area contributed by atoms with Gasteiger partial charge in [-0.15, -0.1) is 0 Å². The molecule has 30 heavy (non-hydrogen) atoms. The van der Waals surface area contributed by atoms with Crippen molar-refractivity contribution in [1.29, 1.82) is 0 Å². The van der Waals surface area contributed by atoms with Crippen LogP contribution in [0.3, 0.4) is 0 Å². The fraction of sp³-hybridized carbons (Fsp3) is 0.556. The fourth-order valence-corrected chi connectivity index (χ4v) is 5.94. The minimum absolute atomic E-state index is 0.101. The molecule has 162 valence electrons. The molecule has 0 radical (unpaired) electrons. The average molecular weight is 413 g/mol. The Kier molecular flexibility index (Phi) is 6.75. The topological polar surface area (TPSA) is 9.23 Å². The molecule has 2 saturated carbocycles. The van der Waals surface area contributed by atoms with Crippen LogP contribution in [0.15, 0.2) is 36.9 Å². The number of fused-ring (bicyclic) bond motifs is 2. The zero-order chi connectivity index (χ0) is 21.1. The number of hydrogen-bond donors (Lipinski definition) is 0. The molecule has 0 spiro atoms. The fourth-order valence-electron chi connectivity index (χ4n) is 5.94. The lowest BCUT2D eigenvalue weighted by atomic mass is 9.63. The Hall–Kier alpha value is -1.90. The highest BCUT2D eigenvalue weighted by Crippen LogP contribution is 2.49. The second kappa shape index (κ2) is 9.49. The molecule has 2 unspecified atom stereocenters. The summed E-state index contributed by atoms with van der Waals surface area (Å²) in [5.74, 6) is 2.10. The summed E-state index contributed by atoms with van der Waals surface area (Å²) in [5, 5.41) is 0.657. The first-order chi connectivity index (χ1) is 14.6. The van der Waals surface area contributed by atoms with Gasteiger partial charge in [-0.25, -0.2) is 8.78 Å². The molecule has 0 N–H and O–H groups in total. The number of rotatable bonds is 7. The highest BCUT2D eigenvalue weighted by atomic mass is 19.1. The molecule has 4 rings (SSSR count). The zero-order valence-corrected chi connectivity index (χ0v) is 18.1. The highest BCUT2D eigenvalue weighted by Gasteiger charge is 2.36. The highest BCUT2D eigenvalue weighted by molar-refractivity contribution is 5.86. The van der Waals surface area contributed by atoms with Crippen molar-refractivity contribution in [3.8, 4) is 5.75 Å². The molecule has 0 saturated heterocycles. The predicted octanol–water partition coefficient (Wildman–Crippen LogP) is 8.17. The Morgan fingerprint density at radius 1 is 1.07 bits per heavy atom. The summed E-state index contributed by atoms with van der Waals surface area (Å²) in [4.78, 5) is 0. The molecule has 0 amide bonds. The summed E-state index contributed by atoms with van der Waals surface area (Å²) in [6.45, 7) is 6.18. The summed E-state index contributed by atoms with van der Waals surface area (Å²) in [5.41, 5.74) is 0.702. The van der Waals surface area contributed by atoms with Crippen molar-refractivity contribution in [2.24, 2.45) is 17.8 Å². The Labute approximate surface area is 179 Å². The van der Waals surface area contributed by atoms with E-state index in [1.165, 1.54) is 51.0 Å². The Morgan fingerprint density at radius 3 is 2.67 bits per heavy atom. The van der Waals surface area contributed by atoms with E-state index < -0.39 is 5.82 Å². The smallest absolute Gasteiger partial charge is 0.137 e. The first-order valence-corrected chi connectivity index (χ1v) is 11.8. The molecule has 4 atom stereocenters. The van der Waals surface area contributed by atoms with Crippen LogP contribution in [0.1, 0.15) is 76.2 Å². The van der Waals surface area contributed by atoms with Crippen LogP contribution in [0.25, 0.3) is 10.8 Å². The summed E-state index contributed by atoms with van der Waals surface area (Å²) >= 11 is 0. The summed E-state index contributed by atoms with van der Waals surface area (Å²) in [6.07, 6.45) is 12.8. The largest absolute Gasteiger partial charge is 0.489 e. The van der Waals surface area contributed by atoms with E-state index in [-0.39, 0.29) is 17.1 Å². The first-order valence-electron chi connectivity index (χ1n) is 11.8. The number of halogens is 2. The van der Waals surface area contributed by atoms with E-state index >= 15 is 4.39 Å². The summed E-state index contributed by atoms with van der Waals surface area (Å²) < 4.78 is 35.6. The van der Waals surface area contributed by atoms with Crippen LogP contribution in [0.5, 0.6) is 5.75 Å². The van der Waals surface area contributed by atoms with Gasteiger partial charge in [0.25, 0.3) is 0 Å². The molecule has 2 aromatic carbocycles. The van der Waals surface area contributed by atoms with Gasteiger partial charge < -0.3 is 4.74 Å². The zero-order valence-electron chi connectivity index (χ0n) is 18.1. The summed E-state index contributed by atoms with van der Waals surface area (Å²) in [7, 11) is 0. The van der Waals surface area contributed by atoms with Gasteiger partial charge in [-0.3, -0.25) is 0 Å². The number of benzene rings is 2. The lowest BCUT2D eigenvalue weighted by Gasteiger charge is -2.42. The number of unbranched alkanes of at least 4 members (excludes halogenated alkanes) is 1. The maximum absolute atomic E-state index is 15.4. The van der Waals surface area contributed by atoms with Crippen LogP contribution < -0.4 is 4.74 Å². The standard InChI is InChI=1S/C27H34F2O/c1-3-5-6-18-7-8-20-15-21(10-9-19(20)14-18)24-12-11-22-16-23(30-13-4-2)17-25(28)26(22)27(24)29/h4,11-12,16-21H,2-3,5-10,13-15H2,1H3/t18?,19-,20?,21-/m1/s1. The number of ether oxygens (including phenoxy) is 1. The normalized spacial score (nSPS) is 26.4. The molecule has 2 aliphatic carbocycles. The quantitative estimate of drug-likeness (QED) is 0.417. The van der Waals surface area contributed by atoms with E-state index in [9.17, 15) is 4.39 Å². The Balaban J connectivity index is 1.51. The average Bonchev–Trinajstić information content (AvgIpc) is 2.75. The SMILES string of the molecule is C=CCOc1cc(F)c2c(F)c([C@@H]3CC[C@@H]4CC(CCCC)CCC4C3)ccc2c1. The Bertz CT molecular complexity index is 890. The third-order valence-electron chi connectivity index (χ3n) is 7.50. The third kappa shape index (κ3) is 4.40. The maximum atomic E-state index is 15.4. The van der Waals surface area contributed by atoms with Crippen molar-refractivity contribution < 1.29 is 13.5 Å². The molecule has 1 nitrogen and oxygen atoms in total. The second-order valence-corrected chi connectivity index (χ2v) is 9.42. The minimum Gasteiger partial charge on any atom is -0.489 e. The van der Waals surface area contributed by atoms with Crippen LogP contribution in [0.2, 0.25) is 0 Å². The van der Waals surface area contributed by atoms with Gasteiger partial charge in [-0.2, -0.15) is 0 Å². The van der Waals surface area contributed by atoms with Crippen LogP contribution in [0.4, 0.5) is 8.78 Å². The lowest BCUT2D eigenvalue weighted by molar-refractivity contribution is 0.113. The van der Waals surface area contributed by atoms with E-state index in [2.05, 4.69) is 13.5 Å². The van der Waals surface area contributed by atoms with Crippen molar-refractivity contribution in [2.75, 3.05) is 6.61 Å². The molecule has 0 heterocycles. The van der Waals surface area contributed by atoms with E-state index in [0.717, 1.165) is 24.7 Å².